The Balaban J connectivity index is 1.42. The molecule has 0 spiro atoms. The lowest BCUT2D eigenvalue weighted by Crippen LogP contribution is -2.42. The number of benzene rings is 2. The van der Waals surface area contributed by atoms with Gasteiger partial charge in [-0.2, -0.15) is 0 Å². The Kier molecular flexibility index (Phi) is 4.95. The van der Waals surface area contributed by atoms with Gasteiger partial charge < -0.3 is 18.9 Å². The van der Waals surface area contributed by atoms with E-state index in [1.54, 1.807) is 19.2 Å². The van der Waals surface area contributed by atoms with Crippen LogP contribution in [-0.2, 0) is 17.7 Å². The molecule has 1 saturated heterocycles. The van der Waals surface area contributed by atoms with Gasteiger partial charge in [-0.1, -0.05) is 12.1 Å². The first-order valence-electron chi connectivity index (χ1n) is 8.76. The first kappa shape index (κ1) is 17.1. The van der Waals surface area contributed by atoms with Crippen molar-refractivity contribution in [1.82, 2.24) is 4.90 Å². The molecule has 0 saturated carbocycles. The molecular weight excluding hydrogens is 337 g/mol. The summed E-state index contributed by atoms with van der Waals surface area (Å²) in [5, 5.41) is 0. The van der Waals surface area contributed by atoms with Gasteiger partial charge >= 0.3 is 0 Å². The topological polar surface area (TPSA) is 40.2 Å². The predicted octanol–water partition coefficient (Wildman–Crippen LogP) is 3.01. The van der Waals surface area contributed by atoms with Crippen molar-refractivity contribution >= 4 is 0 Å². The van der Waals surface area contributed by atoms with Gasteiger partial charge in [0.05, 0.1) is 19.8 Å². The highest BCUT2D eigenvalue weighted by Crippen LogP contribution is 2.42. The third-order valence-corrected chi connectivity index (χ3v) is 4.70. The van der Waals surface area contributed by atoms with Crippen LogP contribution in [0.2, 0.25) is 0 Å². The fraction of sp³-hybridized carbons (Fsp3) is 0.400. The van der Waals surface area contributed by atoms with E-state index in [1.165, 1.54) is 6.07 Å². The Morgan fingerprint density at radius 2 is 2.12 bits per heavy atom. The average Bonchev–Trinajstić information content (AvgIpc) is 3.10. The molecule has 2 aliphatic rings. The second kappa shape index (κ2) is 7.51. The first-order chi connectivity index (χ1) is 12.7. The Morgan fingerprint density at radius 1 is 1.19 bits per heavy atom. The highest BCUT2D eigenvalue weighted by atomic mass is 19.1. The molecule has 0 radical (unpaired) electrons. The molecule has 0 aromatic heterocycles. The zero-order chi connectivity index (χ0) is 17.9. The molecule has 0 unspecified atom stereocenters. The van der Waals surface area contributed by atoms with Crippen LogP contribution >= 0.6 is 0 Å². The number of morpholine rings is 1. The minimum Gasteiger partial charge on any atom is -0.493 e. The maximum Gasteiger partial charge on any atom is 0.231 e. The highest BCUT2D eigenvalue weighted by molar-refractivity contribution is 5.55. The molecular formula is C20H22FNO4. The number of methoxy groups -OCH3 is 1. The molecule has 2 aromatic rings. The number of halogens is 1. The van der Waals surface area contributed by atoms with Crippen LogP contribution in [0.5, 0.6) is 17.2 Å². The standard InChI is InChI=1S/C20H22FNO4/c1-23-18-9-15(10-19-20(18)26-13-25-19)11-22-5-6-24-17(12-22)8-14-3-2-4-16(21)7-14/h2-4,7,9-10,17H,5-6,8,11-13H2,1H3/t17-/m1/s1. The summed E-state index contributed by atoms with van der Waals surface area (Å²) in [6.07, 6.45) is 0.764. The second-order valence-corrected chi connectivity index (χ2v) is 6.59. The van der Waals surface area contributed by atoms with Gasteiger partial charge in [0.25, 0.3) is 0 Å². The molecule has 6 heteroatoms. The minimum atomic E-state index is -0.206. The van der Waals surface area contributed by atoms with Crippen LogP contribution in [0.1, 0.15) is 11.1 Å². The van der Waals surface area contributed by atoms with Crippen LogP contribution in [0, 0.1) is 5.82 Å². The zero-order valence-corrected chi connectivity index (χ0v) is 14.7. The summed E-state index contributed by atoms with van der Waals surface area (Å²) in [4.78, 5) is 2.34. The molecule has 0 bridgehead atoms. The average molecular weight is 359 g/mol. The molecule has 2 aromatic carbocycles. The van der Waals surface area contributed by atoms with E-state index in [-0.39, 0.29) is 18.7 Å². The van der Waals surface area contributed by atoms with Gasteiger partial charge in [-0.3, -0.25) is 4.90 Å². The molecule has 26 heavy (non-hydrogen) atoms. The Bertz CT molecular complexity index is 782. The number of nitrogens with zero attached hydrogens (tertiary/aromatic N) is 1. The first-order valence-corrected chi connectivity index (χ1v) is 8.76. The summed E-state index contributed by atoms with van der Waals surface area (Å²) in [5.41, 5.74) is 2.07. The van der Waals surface area contributed by atoms with Crippen LogP contribution < -0.4 is 14.2 Å². The quantitative estimate of drug-likeness (QED) is 0.821. The smallest absolute Gasteiger partial charge is 0.231 e. The predicted molar refractivity (Wildman–Crippen MR) is 94.2 cm³/mol. The fourth-order valence-electron chi connectivity index (χ4n) is 3.51. The summed E-state index contributed by atoms with van der Waals surface area (Å²) in [5.74, 6) is 1.88. The number of hydrogen-bond donors (Lipinski definition) is 0. The Hall–Kier alpha value is -2.31. The van der Waals surface area contributed by atoms with Crippen LogP contribution in [0.3, 0.4) is 0 Å². The molecule has 138 valence electrons. The van der Waals surface area contributed by atoms with E-state index in [0.29, 0.717) is 24.5 Å². The molecule has 1 fully saturated rings. The van der Waals surface area contributed by atoms with E-state index < -0.39 is 0 Å². The summed E-state index contributed by atoms with van der Waals surface area (Å²) in [6.45, 7) is 3.32. The van der Waals surface area contributed by atoms with Crippen molar-refractivity contribution in [3.63, 3.8) is 0 Å². The third kappa shape index (κ3) is 3.76. The van der Waals surface area contributed by atoms with Gasteiger partial charge in [0.1, 0.15) is 5.82 Å². The number of hydrogen-bond acceptors (Lipinski definition) is 5. The van der Waals surface area contributed by atoms with E-state index in [0.717, 1.165) is 36.5 Å². The summed E-state index contributed by atoms with van der Waals surface area (Å²) in [6, 6.07) is 10.7. The SMILES string of the molecule is COc1cc(CN2CCO[C@H](Cc3cccc(F)c3)C2)cc2c1OCO2. The highest BCUT2D eigenvalue weighted by Gasteiger charge is 2.24. The maximum absolute atomic E-state index is 13.4. The van der Waals surface area contributed by atoms with Crippen molar-refractivity contribution in [3.05, 3.63) is 53.3 Å². The molecule has 0 amide bonds. The van der Waals surface area contributed by atoms with E-state index >= 15 is 0 Å². The molecule has 5 nitrogen and oxygen atoms in total. The monoisotopic (exact) mass is 359 g/mol. The lowest BCUT2D eigenvalue weighted by molar-refractivity contribution is -0.0305. The van der Waals surface area contributed by atoms with Crippen LogP contribution in [0.25, 0.3) is 0 Å². The van der Waals surface area contributed by atoms with Gasteiger partial charge in [0.2, 0.25) is 12.5 Å². The van der Waals surface area contributed by atoms with Crippen molar-refractivity contribution in [2.75, 3.05) is 33.6 Å². The van der Waals surface area contributed by atoms with E-state index in [9.17, 15) is 4.39 Å². The van der Waals surface area contributed by atoms with Crippen molar-refractivity contribution in [2.45, 2.75) is 19.1 Å². The van der Waals surface area contributed by atoms with E-state index in [1.807, 2.05) is 18.2 Å². The summed E-state index contributed by atoms with van der Waals surface area (Å²) in [7, 11) is 1.63. The minimum absolute atomic E-state index is 0.0569. The zero-order valence-electron chi connectivity index (χ0n) is 14.7. The van der Waals surface area contributed by atoms with Crippen LogP contribution in [0.4, 0.5) is 4.39 Å². The molecule has 0 aliphatic carbocycles. The Morgan fingerprint density at radius 3 is 2.96 bits per heavy atom. The van der Waals surface area contributed by atoms with Crippen LogP contribution in [0.15, 0.2) is 36.4 Å². The number of rotatable bonds is 5. The van der Waals surface area contributed by atoms with Crippen molar-refractivity contribution in [1.29, 1.82) is 0 Å². The van der Waals surface area contributed by atoms with Gasteiger partial charge in [-0.15, -0.1) is 0 Å². The Labute approximate surface area is 152 Å². The van der Waals surface area contributed by atoms with Crippen molar-refractivity contribution in [3.8, 4) is 17.2 Å². The van der Waals surface area contributed by atoms with Crippen molar-refractivity contribution < 1.29 is 23.3 Å². The van der Waals surface area contributed by atoms with Crippen LogP contribution in [-0.4, -0.2) is 44.6 Å². The molecule has 2 heterocycles. The number of ether oxygens (including phenoxy) is 4. The molecule has 4 rings (SSSR count). The van der Waals surface area contributed by atoms with Crippen molar-refractivity contribution in [2.24, 2.45) is 0 Å². The maximum atomic E-state index is 13.4. The number of fused-ring (bicyclic) bond motifs is 1. The summed E-state index contributed by atoms with van der Waals surface area (Å²) < 4.78 is 35.6. The summed E-state index contributed by atoms with van der Waals surface area (Å²) >= 11 is 0. The van der Waals surface area contributed by atoms with Gasteiger partial charge in [-0.25, -0.2) is 4.39 Å². The lowest BCUT2D eigenvalue weighted by Gasteiger charge is -2.33. The van der Waals surface area contributed by atoms with Gasteiger partial charge in [0, 0.05) is 19.6 Å². The van der Waals surface area contributed by atoms with Gasteiger partial charge in [-0.05, 0) is 41.8 Å². The van der Waals surface area contributed by atoms with Gasteiger partial charge in [0.15, 0.2) is 11.5 Å². The second-order valence-electron chi connectivity index (χ2n) is 6.59. The van der Waals surface area contributed by atoms with E-state index in [4.69, 9.17) is 18.9 Å². The molecule has 1 atom stereocenters. The largest absolute Gasteiger partial charge is 0.493 e. The van der Waals surface area contributed by atoms with E-state index in [2.05, 4.69) is 4.90 Å². The normalized spacial score (nSPS) is 19.5. The fourth-order valence-corrected chi connectivity index (χ4v) is 3.51. The lowest BCUT2D eigenvalue weighted by atomic mass is 10.1. The molecule has 2 aliphatic heterocycles. The molecule has 0 N–H and O–H groups in total. The third-order valence-electron chi connectivity index (χ3n) is 4.70.